The molecule has 3 rings (SSSR count). The topological polar surface area (TPSA) is 115 Å². The van der Waals surface area contributed by atoms with Gasteiger partial charge in [-0.2, -0.15) is 0 Å². The number of hydrogen-bond acceptors (Lipinski definition) is 5. The lowest BCUT2D eigenvalue weighted by Gasteiger charge is -2.19. The maximum atomic E-state index is 13.3. The van der Waals surface area contributed by atoms with E-state index in [0.717, 1.165) is 11.3 Å². The Morgan fingerprint density at radius 2 is 1.96 bits per heavy atom. The third-order valence-corrected chi connectivity index (χ3v) is 5.75. The van der Waals surface area contributed by atoms with Crippen molar-refractivity contribution >= 4 is 45.0 Å². The Labute approximate surface area is 163 Å². The molecular weight excluding hydrogens is 390 g/mol. The second-order valence-electron chi connectivity index (χ2n) is 5.99. The van der Waals surface area contributed by atoms with Crippen molar-refractivity contribution in [3.8, 4) is 11.4 Å². The monoisotopic (exact) mass is 405 g/mol. The highest BCUT2D eigenvalue weighted by molar-refractivity contribution is 7.20. The van der Waals surface area contributed by atoms with Crippen LogP contribution in [0.25, 0.3) is 21.6 Å². The van der Waals surface area contributed by atoms with Gasteiger partial charge in [-0.3, -0.25) is 14.2 Å². The van der Waals surface area contributed by atoms with Crippen LogP contribution in [0.15, 0.2) is 29.1 Å². The fourth-order valence-corrected chi connectivity index (χ4v) is 4.14. The molecule has 0 spiro atoms. The van der Waals surface area contributed by atoms with Gasteiger partial charge in [-0.1, -0.05) is 18.5 Å². The van der Waals surface area contributed by atoms with E-state index in [0.29, 0.717) is 21.0 Å². The van der Waals surface area contributed by atoms with Crippen molar-refractivity contribution in [1.29, 1.82) is 0 Å². The van der Waals surface area contributed by atoms with Gasteiger partial charge in [0.05, 0.1) is 5.39 Å². The molecule has 140 valence electrons. The maximum Gasteiger partial charge on any atom is 0.346 e. The molecule has 2 heterocycles. The summed E-state index contributed by atoms with van der Waals surface area (Å²) in [7, 11) is 0. The molecule has 7 nitrogen and oxygen atoms in total. The zero-order valence-corrected chi connectivity index (χ0v) is 16.1. The van der Waals surface area contributed by atoms with Gasteiger partial charge in [-0.15, -0.1) is 11.3 Å². The van der Waals surface area contributed by atoms with Gasteiger partial charge in [0, 0.05) is 10.6 Å². The number of fused-ring (bicyclic) bond motifs is 1. The molecule has 0 saturated carbocycles. The third-order valence-electron chi connectivity index (χ3n) is 4.32. The second-order valence-corrected chi connectivity index (χ2v) is 7.42. The van der Waals surface area contributed by atoms with Crippen molar-refractivity contribution in [3.05, 3.63) is 50.1 Å². The van der Waals surface area contributed by atoms with Crippen LogP contribution in [0.1, 0.15) is 34.6 Å². The summed E-state index contributed by atoms with van der Waals surface area (Å²) in [6.45, 7) is 3.30. The SMILES string of the molecule is CCC(C(N)=O)n1c(-c2ccc(Cl)cc2)nc2sc(C(=O)O)c(C)c2c1=O. The molecule has 0 bridgehead atoms. The van der Waals surface area contributed by atoms with Crippen LogP contribution in [0.5, 0.6) is 0 Å². The minimum Gasteiger partial charge on any atom is -0.477 e. The van der Waals surface area contributed by atoms with Crippen molar-refractivity contribution in [3.63, 3.8) is 0 Å². The number of thiophene rings is 1. The number of aromatic carboxylic acids is 1. The average molecular weight is 406 g/mol. The number of carbonyl (C=O) groups is 2. The smallest absolute Gasteiger partial charge is 0.346 e. The van der Waals surface area contributed by atoms with Crippen LogP contribution in [-0.4, -0.2) is 26.5 Å². The molecule has 27 heavy (non-hydrogen) atoms. The number of rotatable bonds is 5. The van der Waals surface area contributed by atoms with E-state index in [9.17, 15) is 19.5 Å². The van der Waals surface area contributed by atoms with Crippen LogP contribution in [0.4, 0.5) is 0 Å². The van der Waals surface area contributed by atoms with Crippen LogP contribution in [-0.2, 0) is 4.79 Å². The lowest BCUT2D eigenvalue weighted by Crippen LogP contribution is -2.35. The maximum absolute atomic E-state index is 13.3. The van der Waals surface area contributed by atoms with Gasteiger partial charge in [-0.25, -0.2) is 9.78 Å². The highest BCUT2D eigenvalue weighted by Gasteiger charge is 2.26. The van der Waals surface area contributed by atoms with Crippen molar-refractivity contribution in [1.82, 2.24) is 9.55 Å². The lowest BCUT2D eigenvalue weighted by atomic mass is 10.1. The van der Waals surface area contributed by atoms with Gasteiger partial charge in [0.1, 0.15) is 21.6 Å². The Hall–Kier alpha value is -2.71. The van der Waals surface area contributed by atoms with Crippen molar-refractivity contribution in [2.45, 2.75) is 26.3 Å². The quantitative estimate of drug-likeness (QED) is 0.676. The third kappa shape index (κ3) is 3.22. The van der Waals surface area contributed by atoms with E-state index < -0.39 is 23.5 Å². The highest BCUT2D eigenvalue weighted by Crippen LogP contribution is 2.31. The highest BCUT2D eigenvalue weighted by atomic mass is 35.5. The van der Waals surface area contributed by atoms with Gasteiger partial charge in [0.2, 0.25) is 5.91 Å². The molecule has 1 unspecified atom stereocenters. The molecule has 3 aromatic rings. The van der Waals surface area contributed by atoms with Crippen LogP contribution in [0.2, 0.25) is 5.02 Å². The van der Waals surface area contributed by atoms with Crippen LogP contribution >= 0.6 is 22.9 Å². The van der Waals surface area contributed by atoms with Gasteiger partial charge in [0.25, 0.3) is 5.56 Å². The number of nitrogens with zero attached hydrogens (tertiary/aromatic N) is 2. The molecule has 0 aliphatic rings. The Kier molecular flexibility index (Phi) is 5.03. The van der Waals surface area contributed by atoms with E-state index in [1.807, 2.05) is 0 Å². The number of halogens is 1. The predicted octanol–water partition coefficient (Wildman–Crippen LogP) is 3.22. The van der Waals surface area contributed by atoms with E-state index in [2.05, 4.69) is 4.98 Å². The minimum absolute atomic E-state index is 0.0431. The molecule has 9 heteroatoms. The normalized spacial score (nSPS) is 12.3. The van der Waals surface area contributed by atoms with E-state index in [1.165, 1.54) is 4.57 Å². The molecule has 0 radical (unpaired) electrons. The van der Waals surface area contributed by atoms with Crippen molar-refractivity contribution < 1.29 is 14.7 Å². The fourth-order valence-electron chi connectivity index (χ4n) is 3.00. The first-order chi connectivity index (χ1) is 12.8. The Balaban J connectivity index is 2.45. The Morgan fingerprint density at radius 1 is 1.33 bits per heavy atom. The second kappa shape index (κ2) is 7.13. The van der Waals surface area contributed by atoms with Crippen LogP contribution < -0.4 is 11.3 Å². The number of primary amides is 1. The summed E-state index contributed by atoms with van der Waals surface area (Å²) in [4.78, 5) is 41.6. The van der Waals surface area contributed by atoms with Gasteiger partial charge >= 0.3 is 5.97 Å². The summed E-state index contributed by atoms with van der Waals surface area (Å²) < 4.78 is 1.25. The number of amides is 1. The first-order valence-electron chi connectivity index (χ1n) is 8.10. The number of aryl methyl sites for hydroxylation is 1. The van der Waals surface area contributed by atoms with E-state index in [4.69, 9.17) is 17.3 Å². The minimum atomic E-state index is -1.13. The van der Waals surface area contributed by atoms with Gasteiger partial charge in [-0.05, 0) is 43.2 Å². The van der Waals surface area contributed by atoms with E-state index in [-0.39, 0.29) is 22.5 Å². The van der Waals surface area contributed by atoms with Crippen molar-refractivity contribution in [2.24, 2.45) is 5.73 Å². The zero-order chi connectivity index (χ0) is 19.9. The van der Waals surface area contributed by atoms with Gasteiger partial charge < -0.3 is 10.8 Å². The number of benzene rings is 1. The molecule has 0 saturated heterocycles. The largest absolute Gasteiger partial charge is 0.477 e. The summed E-state index contributed by atoms with van der Waals surface area (Å²) in [5, 5.41) is 10.1. The molecule has 1 amide bonds. The summed E-state index contributed by atoms with van der Waals surface area (Å²) >= 11 is 6.87. The Morgan fingerprint density at radius 3 is 2.48 bits per heavy atom. The molecule has 0 aliphatic carbocycles. The zero-order valence-electron chi connectivity index (χ0n) is 14.5. The molecule has 0 aliphatic heterocycles. The number of carboxylic acid groups (broad SMARTS) is 1. The standard InChI is InChI=1S/C18H16ClN3O4S/c1-3-11(14(20)23)22-15(9-4-6-10(19)7-5-9)21-16-12(17(22)24)8(2)13(27-16)18(25)26/h4-7,11H,3H2,1-2H3,(H2,20,23)(H,25,26). The average Bonchev–Trinajstić information content (AvgIpc) is 2.95. The van der Waals surface area contributed by atoms with E-state index in [1.54, 1.807) is 38.1 Å². The number of nitrogens with two attached hydrogens (primary N) is 1. The summed E-state index contributed by atoms with van der Waals surface area (Å²) in [6.07, 6.45) is 0.290. The number of hydrogen-bond donors (Lipinski definition) is 2. The molecule has 1 atom stereocenters. The summed E-state index contributed by atoms with van der Waals surface area (Å²) in [5.74, 6) is -1.55. The number of carbonyl (C=O) groups excluding carboxylic acids is 1. The fraction of sp³-hybridized carbons (Fsp3) is 0.222. The first kappa shape index (κ1) is 19.1. The lowest BCUT2D eigenvalue weighted by molar-refractivity contribution is -0.121. The van der Waals surface area contributed by atoms with Gasteiger partial charge in [0.15, 0.2) is 0 Å². The summed E-state index contributed by atoms with van der Waals surface area (Å²) in [6, 6.07) is 5.74. The first-order valence-corrected chi connectivity index (χ1v) is 9.29. The van der Waals surface area contributed by atoms with Crippen LogP contribution in [0, 0.1) is 6.92 Å². The molecule has 1 aromatic carbocycles. The number of aromatic nitrogens is 2. The van der Waals surface area contributed by atoms with Crippen molar-refractivity contribution in [2.75, 3.05) is 0 Å². The molecule has 0 fully saturated rings. The van der Waals surface area contributed by atoms with E-state index >= 15 is 0 Å². The van der Waals surface area contributed by atoms with Crippen LogP contribution in [0.3, 0.4) is 0 Å². The Bertz CT molecular complexity index is 1120. The molecular formula is C18H16ClN3O4S. The number of carboxylic acids is 1. The molecule has 2 aromatic heterocycles. The summed E-state index contributed by atoms with van der Waals surface area (Å²) in [5.41, 5.74) is 5.93. The predicted molar refractivity (Wildman–Crippen MR) is 105 cm³/mol. The molecule has 3 N–H and O–H groups in total.